The lowest BCUT2D eigenvalue weighted by atomic mass is 10.1. The molecule has 0 aliphatic carbocycles. The Bertz CT molecular complexity index is 550. The van der Waals surface area contributed by atoms with Crippen molar-refractivity contribution in [1.82, 2.24) is 15.1 Å². The topological polar surface area (TPSA) is 52.7 Å². The minimum atomic E-state index is -0.266. The van der Waals surface area contributed by atoms with E-state index in [2.05, 4.69) is 5.32 Å². The van der Waals surface area contributed by atoms with Gasteiger partial charge in [-0.2, -0.15) is 0 Å². The lowest BCUT2D eigenvalue weighted by Gasteiger charge is -2.30. The first-order chi connectivity index (χ1) is 11.6. The number of carbonyl (C=O) groups excluding carboxylic acids is 2. The third-order valence-electron chi connectivity index (χ3n) is 3.83. The van der Waals surface area contributed by atoms with Crippen LogP contribution in [0.5, 0.6) is 0 Å². The SMILES string of the molecule is CCN(CC(=O)NC(C)(C)C)CC(=O)N(Cc1ccccc1)C(C)C. The van der Waals surface area contributed by atoms with Crippen molar-refractivity contribution in [3.8, 4) is 0 Å². The van der Waals surface area contributed by atoms with Crippen molar-refractivity contribution < 1.29 is 9.59 Å². The van der Waals surface area contributed by atoms with Gasteiger partial charge in [0.1, 0.15) is 0 Å². The Hall–Kier alpha value is -1.88. The van der Waals surface area contributed by atoms with Gasteiger partial charge in [0.05, 0.1) is 13.1 Å². The number of rotatable bonds is 8. The number of nitrogens with zero attached hydrogens (tertiary/aromatic N) is 2. The van der Waals surface area contributed by atoms with Crippen LogP contribution in [0.4, 0.5) is 0 Å². The van der Waals surface area contributed by atoms with Crippen molar-refractivity contribution in [2.75, 3.05) is 19.6 Å². The Kier molecular flexibility index (Phi) is 8.10. The van der Waals surface area contributed by atoms with E-state index in [1.807, 2.05) is 81.7 Å². The van der Waals surface area contributed by atoms with Gasteiger partial charge >= 0.3 is 0 Å². The zero-order valence-corrected chi connectivity index (χ0v) is 16.5. The number of benzene rings is 1. The van der Waals surface area contributed by atoms with E-state index in [9.17, 15) is 9.59 Å². The molecule has 0 fully saturated rings. The van der Waals surface area contributed by atoms with Crippen molar-refractivity contribution >= 4 is 11.8 Å². The van der Waals surface area contributed by atoms with Gasteiger partial charge in [-0.05, 0) is 46.7 Å². The van der Waals surface area contributed by atoms with E-state index >= 15 is 0 Å². The summed E-state index contributed by atoms with van der Waals surface area (Å²) < 4.78 is 0. The van der Waals surface area contributed by atoms with Crippen LogP contribution in [0.1, 0.15) is 47.1 Å². The normalized spacial score (nSPS) is 11.7. The Morgan fingerprint density at radius 1 is 1.08 bits per heavy atom. The Labute approximate surface area is 152 Å². The highest BCUT2D eigenvalue weighted by Gasteiger charge is 2.22. The molecule has 0 aliphatic heterocycles. The first-order valence-electron chi connectivity index (χ1n) is 8.99. The summed E-state index contributed by atoms with van der Waals surface area (Å²) in [6, 6.07) is 10.1. The third-order valence-corrected chi connectivity index (χ3v) is 3.83. The predicted molar refractivity (Wildman–Crippen MR) is 102 cm³/mol. The molecule has 0 bridgehead atoms. The number of nitrogens with one attached hydrogen (secondary N) is 1. The van der Waals surface area contributed by atoms with Gasteiger partial charge in [-0.25, -0.2) is 0 Å². The van der Waals surface area contributed by atoms with Crippen LogP contribution in [-0.2, 0) is 16.1 Å². The number of carbonyl (C=O) groups is 2. The summed E-state index contributed by atoms with van der Waals surface area (Å²) in [4.78, 5) is 28.6. The van der Waals surface area contributed by atoms with Gasteiger partial charge in [0.15, 0.2) is 0 Å². The summed E-state index contributed by atoms with van der Waals surface area (Å²) in [7, 11) is 0. The van der Waals surface area contributed by atoms with Crippen molar-refractivity contribution in [2.24, 2.45) is 0 Å². The number of hydrogen-bond donors (Lipinski definition) is 1. The third kappa shape index (κ3) is 8.16. The van der Waals surface area contributed by atoms with Crippen molar-refractivity contribution in [3.05, 3.63) is 35.9 Å². The molecule has 1 aromatic rings. The van der Waals surface area contributed by atoms with E-state index in [-0.39, 0.29) is 36.5 Å². The van der Waals surface area contributed by atoms with Crippen molar-refractivity contribution in [1.29, 1.82) is 0 Å². The van der Waals surface area contributed by atoms with E-state index in [4.69, 9.17) is 0 Å². The van der Waals surface area contributed by atoms with Crippen molar-refractivity contribution in [2.45, 2.75) is 59.7 Å². The van der Waals surface area contributed by atoms with Crippen LogP contribution in [0, 0.1) is 0 Å². The molecule has 25 heavy (non-hydrogen) atoms. The number of amides is 2. The summed E-state index contributed by atoms with van der Waals surface area (Å²) in [5.74, 6) is -0.00873. The zero-order chi connectivity index (χ0) is 19.0. The molecular weight excluding hydrogens is 314 g/mol. The smallest absolute Gasteiger partial charge is 0.237 e. The zero-order valence-electron chi connectivity index (χ0n) is 16.5. The lowest BCUT2D eigenvalue weighted by molar-refractivity contribution is -0.135. The van der Waals surface area contributed by atoms with Gasteiger partial charge in [-0.1, -0.05) is 37.3 Å². The van der Waals surface area contributed by atoms with Crippen LogP contribution in [0.25, 0.3) is 0 Å². The lowest BCUT2D eigenvalue weighted by Crippen LogP contribution is -2.49. The first kappa shape index (κ1) is 21.2. The molecule has 1 N–H and O–H groups in total. The quantitative estimate of drug-likeness (QED) is 0.786. The molecule has 5 heteroatoms. The van der Waals surface area contributed by atoms with Gasteiger partial charge in [0.2, 0.25) is 11.8 Å². The largest absolute Gasteiger partial charge is 0.350 e. The van der Waals surface area contributed by atoms with Crippen LogP contribution in [0.2, 0.25) is 0 Å². The van der Waals surface area contributed by atoms with E-state index in [0.717, 1.165) is 5.56 Å². The van der Waals surface area contributed by atoms with Crippen LogP contribution in [0.3, 0.4) is 0 Å². The average Bonchev–Trinajstić information content (AvgIpc) is 2.50. The van der Waals surface area contributed by atoms with E-state index in [1.165, 1.54) is 0 Å². The van der Waals surface area contributed by atoms with Gasteiger partial charge in [0.25, 0.3) is 0 Å². The standard InChI is InChI=1S/C20H33N3O2/c1-7-22(14-18(24)21-20(4,5)6)15-19(25)23(16(2)3)13-17-11-9-8-10-12-17/h8-12,16H,7,13-15H2,1-6H3,(H,21,24). The fourth-order valence-electron chi connectivity index (χ4n) is 2.56. The molecule has 1 aromatic carbocycles. The summed E-state index contributed by atoms with van der Waals surface area (Å²) >= 11 is 0. The molecule has 2 amide bonds. The second kappa shape index (κ2) is 9.56. The molecule has 0 unspecified atom stereocenters. The van der Waals surface area contributed by atoms with Gasteiger partial charge in [-0.15, -0.1) is 0 Å². The van der Waals surface area contributed by atoms with E-state index < -0.39 is 0 Å². The monoisotopic (exact) mass is 347 g/mol. The van der Waals surface area contributed by atoms with Crippen LogP contribution < -0.4 is 5.32 Å². The van der Waals surface area contributed by atoms with E-state index in [1.54, 1.807) is 0 Å². The van der Waals surface area contributed by atoms with Crippen molar-refractivity contribution in [3.63, 3.8) is 0 Å². The first-order valence-corrected chi connectivity index (χ1v) is 8.99. The van der Waals surface area contributed by atoms with Crippen LogP contribution in [-0.4, -0.2) is 52.8 Å². The molecule has 0 spiro atoms. The summed E-state index contributed by atoms with van der Waals surface area (Å²) in [6.07, 6.45) is 0. The van der Waals surface area contributed by atoms with Crippen LogP contribution >= 0.6 is 0 Å². The fraction of sp³-hybridized carbons (Fsp3) is 0.600. The second-order valence-electron chi connectivity index (χ2n) is 7.70. The minimum Gasteiger partial charge on any atom is -0.350 e. The molecular formula is C20H33N3O2. The van der Waals surface area contributed by atoms with Gasteiger partial charge in [0, 0.05) is 18.1 Å². The molecule has 0 aromatic heterocycles. The maximum absolute atomic E-state index is 12.8. The minimum absolute atomic E-state index is 0.0456. The highest BCUT2D eigenvalue weighted by atomic mass is 16.2. The molecule has 0 saturated heterocycles. The van der Waals surface area contributed by atoms with Gasteiger partial charge in [-0.3, -0.25) is 14.5 Å². The molecule has 0 radical (unpaired) electrons. The molecule has 0 saturated carbocycles. The molecule has 5 nitrogen and oxygen atoms in total. The summed E-state index contributed by atoms with van der Waals surface area (Å²) in [5.41, 5.74) is 0.843. The molecule has 0 atom stereocenters. The molecule has 0 heterocycles. The number of hydrogen-bond acceptors (Lipinski definition) is 3. The second-order valence-corrected chi connectivity index (χ2v) is 7.70. The maximum Gasteiger partial charge on any atom is 0.237 e. The maximum atomic E-state index is 12.8. The Balaban J connectivity index is 2.69. The fourth-order valence-corrected chi connectivity index (χ4v) is 2.56. The molecule has 0 aliphatic rings. The van der Waals surface area contributed by atoms with Crippen LogP contribution in [0.15, 0.2) is 30.3 Å². The Morgan fingerprint density at radius 3 is 2.16 bits per heavy atom. The number of likely N-dealkylation sites (N-methyl/N-ethyl adjacent to an activating group) is 1. The predicted octanol–water partition coefficient (Wildman–Crippen LogP) is 2.66. The highest BCUT2D eigenvalue weighted by molar-refractivity contribution is 5.81. The van der Waals surface area contributed by atoms with Gasteiger partial charge < -0.3 is 10.2 Å². The van der Waals surface area contributed by atoms with E-state index in [0.29, 0.717) is 13.1 Å². The molecule has 1 rings (SSSR count). The highest BCUT2D eigenvalue weighted by Crippen LogP contribution is 2.09. The average molecular weight is 348 g/mol. The summed E-state index contributed by atoms with van der Waals surface area (Å²) in [6.45, 7) is 13.6. The summed E-state index contributed by atoms with van der Waals surface area (Å²) in [5, 5.41) is 2.94. The molecule has 140 valence electrons. The Morgan fingerprint density at radius 2 is 1.68 bits per heavy atom.